The summed E-state index contributed by atoms with van der Waals surface area (Å²) in [7, 11) is 0. The lowest BCUT2D eigenvalue weighted by molar-refractivity contribution is 0.472. The molecule has 280 valence electrons. The normalized spacial score (nSPS) is 23.2. The molecule has 56 heavy (non-hydrogen) atoms. The summed E-state index contributed by atoms with van der Waals surface area (Å²) in [5.74, 6) is 0.653. The number of phenols is 4. The van der Waals surface area contributed by atoms with Crippen LogP contribution in [-0.4, -0.2) is 40.4 Å². The van der Waals surface area contributed by atoms with Crippen molar-refractivity contribution < 1.29 is 20.4 Å². The lowest BCUT2D eigenvalue weighted by Crippen LogP contribution is -2.32. The highest BCUT2D eigenvalue weighted by atomic mass is 16.3. The third kappa shape index (κ3) is 5.05. The van der Waals surface area contributed by atoms with E-state index in [2.05, 4.69) is 96.2 Å². The molecular weight excluding hydrogens is 697 g/mol. The fourth-order valence-electron chi connectivity index (χ4n) is 9.01. The number of hydrogen-bond acceptors (Lipinski definition) is 4. The van der Waals surface area contributed by atoms with Crippen molar-refractivity contribution in [1.82, 2.24) is 19.9 Å². The van der Waals surface area contributed by atoms with Gasteiger partial charge >= 0.3 is 0 Å². The summed E-state index contributed by atoms with van der Waals surface area (Å²) >= 11 is 0. The Labute approximate surface area is 325 Å². The fourth-order valence-corrected chi connectivity index (χ4v) is 9.01. The second-order valence-corrected chi connectivity index (χ2v) is 15.8. The van der Waals surface area contributed by atoms with Crippen molar-refractivity contribution in [3.05, 3.63) is 213 Å². The Balaban J connectivity index is 1.39. The van der Waals surface area contributed by atoms with Crippen LogP contribution < -0.4 is 0 Å². The molecule has 0 saturated carbocycles. The molecule has 8 N–H and O–H groups in total. The molecule has 4 aromatic heterocycles. The number of fused-ring (bicyclic) bond motifs is 8. The third-order valence-electron chi connectivity index (χ3n) is 12.7. The van der Waals surface area contributed by atoms with E-state index in [0.29, 0.717) is 0 Å². The first kappa shape index (κ1) is 34.9. The van der Waals surface area contributed by atoms with E-state index in [1.165, 1.54) is 0 Å². The molecule has 0 spiro atoms. The second-order valence-electron chi connectivity index (χ2n) is 15.8. The lowest BCUT2D eigenvalue weighted by Gasteiger charge is -2.34. The molecule has 5 heterocycles. The summed E-state index contributed by atoms with van der Waals surface area (Å²) in [4.78, 5) is 15.4. The zero-order valence-corrected chi connectivity index (χ0v) is 31.6. The van der Waals surface area contributed by atoms with Crippen LogP contribution in [0.2, 0.25) is 0 Å². The molecule has 8 heteroatoms. The van der Waals surface area contributed by atoms with E-state index >= 15 is 0 Å². The Kier molecular flexibility index (Phi) is 7.71. The highest BCUT2D eigenvalue weighted by Gasteiger charge is 2.44. The van der Waals surface area contributed by atoms with E-state index in [0.717, 1.165) is 67.8 Å². The van der Waals surface area contributed by atoms with Gasteiger partial charge in [0.2, 0.25) is 0 Å². The van der Waals surface area contributed by atoms with E-state index in [1.807, 2.05) is 48.5 Å². The summed E-state index contributed by atoms with van der Waals surface area (Å²) in [6, 6.07) is 46.3. The highest BCUT2D eigenvalue weighted by Crippen LogP contribution is 2.48. The van der Waals surface area contributed by atoms with Gasteiger partial charge < -0.3 is 40.4 Å². The number of rotatable bonds is 4. The van der Waals surface area contributed by atoms with Gasteiger partial charge in [-0.2, -0.15) is 0 Å². The average Bonchev–Trinajstić information content (AvgIpc) is 4.04. The van der Waals surface area contributed by atoms with Gasteiger partial charge in [-0.25, -0.2) is 0 Å². The molecule has 9 rings (SSSR count). The number of phenolic OH excluding ortho intramolecular Hbond substituents is 4. The van der Waals surface area contributed by atoms with Gasteiger partial charge in [0, 0.05) is 45.6 Å². The van der Waals surface area contributed by atoms with Gasteiger partial charge in [-0.3, -0.25) is 0 Å². The maximum absolute atomic E-state index is 10.8. The van der Waals surface area contributed by atoms with Gasteiger partial charge in [0.1, 0.15) is 23.0 Å². The van der Waals surface area contributed by atoms with Crippen LogP contribution in [0.3, 0.4) is 0 Å². The molecular formula is C48H44N4O4. The van der Waals surface area contributed by atoms with Crippen molar-refractivity contribution in [3.8, 4) is 23.0 Å². The molecule has 8 aromatic rings. The van der Waals surface area contributed by atoms with Crippen LogP contribution >= 0.6 is 0 Å². The molecule has 1 aliphatic rings. The predicted octanol–water partition coefficient (Wildman–Crippen LogP) is 9.55. The first-order valence-electron chi connectivity index (χ1n) is 18.8. The number of benzene rings is 4. The maximum Gasteiger partial charge on any atom is 0.115 e. The van der Waals surface area contributed by atoms with Crippen LogP contribution in [0, 0.1) is 0 Å². The molecule has 8 bridgehead atoms. The Morgan fingerprint density at radius 3 is 0.625 bits per heavy atom. The Morgan fingerprint density at radius 1 is 0.286 bits per heavy atom. The highest BCUT2D eigenvalue weighted by molar-refractivity contribution is 5.57. The summed E-state index contributed by atoms with van der Waals surface area (Å²) in [6.07, 6.45) is 0. The van der Waals surface area contributed by atoms with Crippen molar-refractivity contribution in [2.24, 2.45) is 0 Å². The molecule has 1 aliphatic heterocycles. The van der Waals surface area contributed by atoms with Crippen LogP contribution in [-0.2, 0) is 21.7 Å². The van der Waals surface area contributed by atoms with Gasteiger partial charge in [-0.1, -0.05) is 48.5 Å². The molecule has 8 nitrogen and oxygen atoms in total. The number of hydrogen-bond donors (Lipinski definition) is 8. The minimum atomic E-state index is -0.804. The summed E-state index contributed by atoms with van der Waals surface area (Å²) in [5.41, 5.74) is 7.43. The molecule has 0 unspecified atom stereocenters. The SMILES string of the molecule is CC1(c2cccc(O)c2)c2ccc([nH]2)C(C)(c2cccc(O)c2)c2ccc([nH]2)[C@](C)(c2cccc(O)c2)c2ccc([nH]2)[C@](C)(c2cccc(O)c2)c2ccc1[nH]2. The van der Waals surface area contributed by atoms with Crippen LogP contribution in [0.5, 0.6) is 23.0 Å². The van der Waals surface area contributed by atoms with Gasteiger partial charge in [0.15, 0.2) is 0 Å². The van der Waals surface area contributed by atoms with Crippen molar-refractivity contribution in [2.45, 2.75) is 49.4 Å². The van der Waals surface area contributed by atoms with Crippen molar-refractivity contribution in [3.63, 3.8) is 0 Å². The standard InChI is InChI=1S/C48H44N4O4/c1-45(29-9-5-13-33(53)25-29)37-17-19-39(49-37)46(2,30-10-6-14-34(54)26-30)41-21-23-43(51-41)48(4,32-12-8-16-36(56)28-32)44-24-22-42(52-44)47(3,40-20-18-38(45)50-40)31-11-7-15-35(55)27-31/h5-28,49-56H,1-4H3/t45-,46+,47?,48?. The second kappa shape index (κ2) is 12.4. The molecule has 4 aromatic carbocycles. The molecule has 0 aliphatic carbocycles. The monoisotopic (exact) mass is 740 g/mol. The van der Waals surface area contributed by atoms with Crippen molar-refractivity contribution >= 4 is 0 Å². The van der Waals surface area contributed by atoms with Crippen LogP contribution in [0.1, 0.15) is 95.5 Å². The molecule has 0 atom stereocenters. The van der Waals surface area contributed by atoms with Gasteiger partial charge in [-0.15, -0.1) is 0 Å². The maximum atomic E-state index is 10.8. The quantitative estimate of drug-likeness (QED) is 0.0909. The molecule has 0 fully saturated rings. The minimum absolute atomic E-state index is 0.163. The zero-order chi connectivity index (χ0) is 39.0. The molecule has 0 amide bonds. The van der Waals surface area contributed by atoms with Gasteiger partial charge in [0.05, 0.1) is 21.7 Å². The largest absolute Gasteiger partial charge is 0.508 e. The van der Waals surface area contributed by atoms with Crippen molar-refractivity contribution in [2.75, 3.05) is 0 Å². The van der Waals surface area contributed by atoms with E-state index < -0.39 is 21.7 Å². The Morgan fingerprint density at radius 2 is 0.464 bits per heavy atom. The van der Waals surface area contributed by atoms with E-state index in [1.54, 1.807) is 48.5 Å². The van der Waals surface area contributed by atoms with Crippen LogP contribution in [0.15, 0.2) is 146 Å². The van der Waals surface area contributed by atoms with Crippen molar-refractivity contribution in [1.29, 1.82) is 0 Å². The molecule has 0 radical (unpaired) electrons. The van der Waals surface area contributed by atoms with E-state index in [4.69, 9.17) is 0 Å². The van der Waals surface area contributed by atoms with Gasteiger partial charge in [-0.05, 0) is 147 Å². The Hall–Kier alpha value is -6.80. The number of aromatic nitrogens is 4. The lowest BCUT2D eigenvalue weighted by atomic mass is 9.76. The molecule has 0 saturated heterocycles. The smallest absolute Gasteiger partial charge is 0.115 e. The number of nitrogens with one attached hydrogen (secondary N) is 4. The number of H-pyrrole nitrogens is 4. The summed E-state index contributed by atoms with van der Waals surface area (Å²) in [5, 5.41) is 43.3. The van der Waals surface area contributed by atoms with Crippen LogP contribution in [0.25, 0.3) is 0 Å². The number of aromatic hydroxyl groups is 4. The van der Waals surface area contributed by atoms with E-state index in [-0.39, 0.29) is 23.0 Å². The van der Waals surface area contributed by atoms with E-state index in [9.17, 15) is 20.4 Å². The number of aromatic amines is 4. The predicted molar refractivity (Wildman–Crippen MR) is 218 cm³/mol. The zero-order valence-electron chi connectivity index (χ0n) is 31.6. The first-order valence-corrected chi connectivity index (χ1v) is 18.8. The minimum Gasteiger partial charge on any atom is -0.508 e. The third-order valence-corrected chi connectivity index (χ3v) is 12.7. The Bertz CT molecular complexity index is 2300. The van der Waals surface area contributed by atoms with Gasteiger partial charge in [0.25, 0.3) is 0 Å². The summed E-state index contributed by atoms with van der Waals surface area (Å²) in [6.45, 7) is 8.59. The fraction of sp³-hybridized carbons (Fsp3) is 0.167. The average molecular weight is 741 g/mol. The topological polar surface area (TPSA) is 144 Å². The summed E-state index contributed by atoms with van der Waals surface area (Å²) < 4.78 is 0. The first-order chi connectivity index (χ1) is 26.8. The van der Waals surface area contributed by atoms with Crippen LogP contribution in [0.4, 0.5) is 0 Å².